The van der Waals surface area contributed by atoms with Crippen molar-refractivity contribution in [3.05, 3.63) is 56.9 Å². The molecule has 0 unspecified atom stereocenters. The number of benzene rings is 1. The number of hydrogen-bond donors (Lipinski definition) is 0. The molecule has 1 aromatic carbocycles. The predicted octanol–water partition coefficient (Wildman–Crippen LogP) is 2.13. The van der Waals surface area contributed by atoms with Gasteiger partial charge in [-0.05, 0) is 18.2 Å². The Hall–Kier alpha value is -3.41. The minimum Gasteiger partial charge on any atom is -0.407 e. The van der Waals surface area contributed by atoms with Gasteiger partial charge in [0.05, 0.1) is 16.9 Å². The Balaban J connectivity index is 2.03. The molecule has 2 heterocycles. The molecular weight excluding hydrogens is 431 g/mol. The molecule has 3 aromatic rings. The van der Waals surface area contributed by atoms with Crippen molar-refractivity contribution < 1.29 is 27.5 Å². The van der Waals surface area contributed by atoms with Crippen LogP contribution in [0.3, 0.4) is 0 Å². The Morgan fingerprint density at radius 2 is 1.83 bits per heavy atom. The van der Waals surface area contributed by atoms with Crippen LogP contribution in [0.4, 0.5) is 13.2 Å². The summed E-state index contributed by atoms with van der Waals surface area (Å²) in [5, 5.41) is 7.02. The van der Waals surface area contributed by atoms with E-state index in [1.807, 2.05) is 0 Å². The van der Waals surface area contributed by atoms with E-state index >= 15 is 0 Å². The highest BCUT2D eigenvalue weighted by molar-refractivity contribution is 6.35. The van der Waals surface area contributed by atoms with E-state index in [0.717, 1.165) is 20.0 Å². The lowest BCUT2D eigenvalue weighted by Gasteiger charge is -2.07. The lowest BCUT2D eigenvalue weighted by molar-refractivity contribution is -0.147. The summed E-state index contributed by atoms with van der Waals surface area (Å²) < 4.78 is 46.0. The maximum Gasteiger partial charge on any atom is 0.451 e. The van der Waals surface area contributed by atoms with Gasteiger partial charge in [-0.2, -0.15) is 23.0 Å². The van der Waals surface area contributed by atoms with Gasteiger partial charge in [-0.15, -0.1) is 5.10 Å². The molecule has 0 aliphatic carbocycles. The molecule has 30 heavy (non-hydrogen) atoms. The first-order valence-corrected chi connectivity index (χ1v) is 8.58. The van der Waals surface area contributed by atoms with Gasteiger partial charge in [0.1, 0.15) is 5.56 Å². The lowest BCUT2D eigenvalue weighted by Crippen LogP contribution is -2.23. The molecule has 9 nitrogen and oxygen atoms in total. The molecule has 0 aliphatic heterocycles. The summed E-state index contributed by atoms with van der Waals surface area (Å²) in [4.78, 5) is 36.2. The first-order chi connectivity index (χ1) is 13.9. The molecule has 0 radical (unpaired) electrons. The molecule has 2 aromatic heterocycles. The normalized spacial score (nSPS) is 11.6. The number of halogens is 4. The van der Waals surface area contributed by atoms with Crippen LogP contribution in [0.2, 0.25) is 5.02 Å². The van der Waals surface area contributed by atoms with E-state index in [1.165, 1.54) is 30.1 Å². The maximum atomic E-state index is 13.0. The van der Waals surface area contributed by atoms with Crippen LogP contribution in [0.1, 0.15) is 28.7 Å². The molecule has 0 aliphatic rings. The molecular formula is C17H13ClF3N5O4. The van der Waals surface area contributed by atoms with Gasteiger partial charge in [0.15, 0.2) is 0 Å². The summed E-state index contributed by atoms with van der Waals surface area (Å²) in [5.41, 5.74) is -1.19. The van der Waals surface area contributed by atoms with Crippen molar-refractivity contribution in [3.8, 4) is 11.6 Å². The summed E-state index contributed by atoms with van der Waals surface area (Å²) in [6, 6.07) is 3.57. The lowest BCUT2D eigenvalue weighted by atomic mass is 10.1. The molecule has 3 rings (SSSR count). The number of ketones is 1. The third-order valence-electron chi connectivity index (χ3n) is 4.05. The van der Waals surface area contributed by atoms with Crippen LogP contribution < -0.4 is 10.4 Å². The number of carbonyl (C=O) groups excluding carboxylic acids is 2. The molecule has 0 spiro atoms. The smallest absolute Gasteiger partial charge is 0.407 e. The van der Waals surface area contributed by atoms with Gasteiger partial charge in [0.2, 0.25) is 17.5 Å². The highest BCUT2D eigenvalue weighted by Crippen LogP contribution is 2.28. The zero-order valence-electron chi connectivity index (χ0n) is 15.7. The Kier molecular flexibility index (Phi) is 5.29. The highest BCUT2D eigenvalue weighted by Gasteiger charge is 2.38. The van der Waals surface area contributed by atoms with E-state index in [2.05, 4.69) is 10.2 Å². The van der Waals surface area contributed by atoms with E-state index in [4.69, 9.17) is 16.3 Å². The Labute approximate surface area is 171 Å². The summed E-state index contributed by atoms with van der Waals surface area (Å²) in [7, 11) is 2.40. The number of alkyl halides is 3. The molecule has 0 N–H and O–H groups in total. The van der Waals surface area contributed by atoms with Crippen molar-refractivity contribution in [1.29, 1.82) is 0 Å². The van der Waals surface area contributed by atoms with Crippen molar-refractivity contribution in [1.82, 2.24) is 24.1 Å². The number of aromatic nitrogens is 5. The molecule has 13 heteroatoms. The Bertz CT molecular complexity index is 1230. The number of aryl methyl sites for hydroxylation is 1. The van der Waals surface area contributed by atoms with Crippen LogP contribution in [0.25, 0.3) is 5.69 Å². The van der Waals surface area contributed by atoms with Crippen LogP contribution in [0.5, 0.6) is 5.88 Å². The number of nitrogens with zero attached hydrogens (tertiary/aromatic N) is 5. The van der Waals surface area contributed by atoms with Crippen LogP contribution in [-0.2, 0) is 25.1 Å². The average Bonchev–Trinajstić information content (AvgIpc) is 3.14. The average molecular weight is 444 g/mol. The topological polar surface area (TPSA) is 101 Å². The van der Waals surface area contributed by atoms with E-state index in [-0.39, 0.29) is 27.7 Å². The van der Waals surface area contributed by atoms with Crippen molar-refractivity contribution in [2.45, 2.75) is 13.1 Å². The van der Waals surface area contributed by atoms with Crippen molar-refractivity contribution >= 4 is 23.4 Å². The van der Waals surface area contributed by atoms with Gasteiger partial charge >= 0.3 is 17.8 Å². The first-order valence-electron chi connectivity index (χ1n) is 8.20. The second-order valence-corrected chi connectivity index (χ2v) is 6.56. The summed E-state index contributed by atoms with van der Waals surface area (Å²) in [5.74, 6) is -2.78. The SMILES string of the molecule is CC(=O)Oc1c(C(=O)c2ccc(-n3nc(C(F)(F)F)n(C)c3=O)cc2Cl)cnn1C. The van der Waals surface area contributed by atoms with Crippen LogP contribution in [-0.4, -0.2) is 35.9 Å². The van der Waals surface area contributed by atoms with Gasteiger partial charge in [-0.3, -0.25) is 14.2 Å². The fraction of sp³-hybridized carbons (Fsp3) is 0.235. The van der Waals surface area contributed by atoms with Crippen LogP contribution in [0.15, 0.2) is 29.2 Å². The molecule has 0 atom stereocenters. The van der Waals surface area contributed by atoms with Gasteiger partial charge in [-0.25, -0.2) is 9.48 Å². The summed E-state index contributed by atoms with van der Waals surface area (Å²) in [6.07, 6.45) is -3.64. The number of rotatable bonds is 4. The highest BCUT2D eigenvalue weighted by atomic mass is 35.5. The second-order valence-electron chi connectivity index (χ2n) is 6.15. The largest absolute Gasteiger partial charge is 0.451 e. The fourth-order valence-electron chi connectivity index (χ4n) is 2.66. The molecule has 0 saturated heterocycles. The van der Waals surface area contributed by atoms with Gasteiger partial charge in [0, 0.05) is 26.6 Å². The van der Waals surface area contributed by atoms with Crippen LogP contribution in [0, 0.1) is 0 Å². The monoisotopic (exact) mass is 443 g/mol. The zero-order valence-corrected chi connectivity index (χ0v) is 16.4. The first kappa shape index (κ1) is 21.3. The van der Waals surface area contributed by atoms with E-state index in [9.17, 15) is 27.6 Å². The Morgan fingerprint density at radius 3 is 2.37 bits per heavy atom. The zero-order chi connectivity index (χ0) is 22.4. The molecule has 0 saturated carbocycles. The van der Waals surface area contributed by atoms with Crippen LogP contribution >= 0.6 is 11.6 Å². The van der Waals surface area contributed by atoms with Gasteiger partial charge < -0.3 is 4.74 Å². The summed E-state index contributed by atoms with van der Waals surface area (Å²) >= 11 is 6.15. The standard InChI is InChI=1S/C17H13ClF3N5O4/c1-8(27)30-14-11(7-22-25(14)3)13(28)10-5-4-9(6-12(10)18)26-16(29)24(2)15(23-26)17(19,20)21/h4-7H,1-3H3. The van der Waals surface area contributed by atoms with Gasteiger partial charge in [-0.1, -0.05) is 11.6 Å². The minimum atomic E-state index is -4.83. The van der Waals surface area contributed by atoms with Crippen molar-refractivity contribution in [2.24, 2.45) is 14.1 Å². The van der Waals surface area contributed by atoms with E-state index in [0.29, 0.717) is 9.25 Å². The van der Waals surface area contributed by atoms with Crippen molar-refractivity contribution in [2.75, 3.05) is 0 Å². The number of ether oxygens (including phenoxy) is 1. The number of hydrogen-bond acceptors (Lipinski definition) is 6. The van der Waals surface area contributed by atoms with E-state index < -0.39 is 29.4 Å². The third kappa shape index (κ3) is 3.73. The van der Waals surface area contributed by atoms with E-state index in [1.54, 1.807) is 0 Å². The fourth-order valence-corrected chi connectivity index (χ4v) is 2.92. The number of esters is 1. The molecule has 0 bridgehead atoms. The summed E-state index contributed by atoms with van der Waals surface area (Å²) in [6.45, 7) is 1.16. The number of carbonyl (C=O) groups is 2. The molecule has 0 amide bonds. The Morgan fingerprint density at radius 1 is 1.17 bits per heavy atom. The van der Waals surface area contributed by atoms with Crippen molar-refractivity contribution in [3.63, 3.8) is 0 Å². The second kappa shape index (κ2) is 7.44. The quantitative estimate of drug-likeness (QED) is 0.452. The maximum absolute atomic E-state index is 13.0. The predicted molar refractivity (Wildman–Crippen MR) is 96.8 cm³/mol. The minimum absolute atomic E-state index is 0.0400. The molecule has 0 fully saturated rings. The molecule has 158 valence electrons. The third-order valence-corrected chi connectivity index (χ3v) is 4.36. The van der Waals surface area contributed by atoms with Gasteiger partial charge in [0.25, 0.3) is 0 Å².